The van der Waals surface area contributed by atoms with Gasteiger partial charge in [-0.2, -0.15) is 0 Å². The number of nitrogens with one attached hydrogen (secondary N) is 1. The molecule has 0 saturated carbocycles. The molecule has 1 aromatic carbocycles. The molecule has 0 aliphatic carbocycles. The summed E-state index contributed by atoms with van der Waals surface area (Å²) in [7, 11) is 0. The maximum absolute atomic E-state index is 12.5. The number of piperazine rings is 1. The van der Waals surface area contributed by atoms with Crippen molar-refractivity contribution in [3.05, 3.63) is 58.7 Å². The second-order valence-electron chi connectivity index (χ2n) is 6.87. The summed E-state index contributed by atoms with van der Waals surface area (Å²) < 4.78 is 0. The van der Waals surface area contributed by atoms with E-state index in [-0.39, 0.29) is 11.8 Å². The van der Waals surface area contributed by atoms with Crippen molar-refractivity contribution in [2.24, 2.45) is 0 Å². The molecule has 2 amide bonds. The number of hydrogen-bond acceptors (Lipinski definition) is 6. The van der Waals surface area contributed by atoms with E-state index in [2.05, 4.69) is 20.2 Å². The van der Waals surface area contributed by atoms with Crippen molar-refractivity contribution >= 4 is 45.6 Å². The number of halogens is 1. The lowest BCUT2D eigenvalue weighted by molar-refractivity contribution is -0.129. The lowest BCUT2D eigenvalue weighted by atomic mass is 10.2. The summed E-state index contributed by atoms with van der Waals surface area (Å²) in [6, 6.07) is 11.0. The van der Waals surface area contributed by atoms with Gasteiger partial charge in [0.15, 0.2) is 5.13 Å². The molecule has 0 spiro atoms. The number of carbonyl (C=O) groups excluding carboxylic acids is 2. The van der Waals surface area contributed by atoms with Gasteiger partial charge in [0.1, 0.15) is 5.69 Å². The van der Waals surface area contributed by atoms with E-state index in [0.717, 1.165) is 24.3 Å². The van der Waals surface area contributed by atoms with E-state index in [0.29, 0.717) is 34.6 Å². The Morgan fingerprint density at radius 3 is 2.53 bits per heavy atom. The van der Waals surface area contributed by atoms with Crippen LogP contribution in [0.3, 0.4) is 0 Å². The molecule has 30 heavy (non-hydrogen) atoms. The highest BCUT2D eigenvalue weighted by molar-refractivity contribution is 7.14. The topological polar surface area (TPSA) is 78.4 Å². The van der Waals surface area contributed by atoms with Crippen molar-refractivity contribution in [3.63, 3.8) is 0 Å². The molecule has 0 atom stereocenters. The molecule has 9 heteroatoms. The molecule has 1 fully saturated rings. The molecular weight excluding hydrogens is 422 g/mol. The van der Waals surface area contributed by atoms with Crippen molar-refractivity contribution in [1.82, 2.24) is 14.9 Å². The van der Waals surface area contributed by atoms with E-state index in [4.69, 9.17) is 11.6 Å². The number of amides is 2. The van der Waals surface area contributed by atoms with Crippen molar-refractivity contribution < 1.29 is 9.59 Å². The fourth-order valence-corrected chi connectivity index (χ4v) is 4.21. The largest absolute Gasteiger partial charge is 0.367 e. The molecule has 0 unspecified atom stereocenters. The molecule has 0 radical (unpaired) electrons. The van der Waals surface area contributed by atoms with E-state index in [1.54, 1.807) is 25.3 Å². The summed E-state index contributed by atoms with van der Waals surface area (Å²) in [5, 5.41) is 5.75. The predicted octanol–water partition coefficient (Wildman–Crippen LogP) is 3.78. The maximum atomic E-state index is 12.5. The first kappa shape index (κ1) is 20.3. The molecule has 154 valence electrons. The van der Waals surface area contributed by atoms with Gasteiger partial charge in [-0.1, -0.05) is 29.8 Å². The molecule has 3 aromatic rings. The third-order valence-corrected chi connectivity index (χ3v) is 6.03. The van der Waals surface area contributed by atoms with Crippen molar-refractivity contribution in [1.29, 1.82) is 0 Å². The smallest absolute Gasteiger partial charge is 0.276 e. The second-order valence-corrected chi connectivity index (χ2v) is 8.13. The number of pyridine rings is 1. The average Bonchev–Trinajstić information content (AvgIpc) is 3.22. The van der Waals surface area contributed by atoms with Gasteiger partial charge >= 0.3 is 0 Å². The molecule has 1 N–H and O–H groups in total. The van der Waals surface area contributed by atoms with Crippen LogP contribution in [0.4, 0.5) is 10.8 Å². The zero-order chi connectivity index (χ0) is 21.1. The Balaban J connectivity index is 1.39. The fraction of sp³-hybridized carbons (Fsp3) is 0.238. The van der Waals surface area contributed by atoms with Gasteiger partial charge in [-0.3, -0.25) is 14.9 Å². The first-order valence-electron chi connectivity index (χ1n) is 9.49. The van der Waals surface area contributed by atoms with Crippen LogP contribution in [-0.2, 0) is 4.79 Å². The highest BCUT2D eigenvalue weighted by Crippen LogP contribution is 2.30. The van der Waals surface area contributed by atoms with Crippen LogP contribution in [-0.4, -0.2) is 52.9 Å². The number of nitrogens with zero attached hydrogens (tertiary/aromatic N) is 4. The van der Waals surface area contributed by atoms with E-state index >= 15 is 0 Å². The number of anilines is 2. The lowest BCUT2D eigenvalue weighted by Gasteiger charge is -2.35. The lowest BCUT2D eigenvalue weighted by Crippen LogP contribution is -2.48. The number of thiazole rings is 1. The summed E-state index contributed by atoms with van der Waals surface area (Å²) in [4.78, 5) is 36.7. The summed E-state index contributed by atoms with van der Waals surface area (Å²) in [6.07, 6.45) is 1.69. The van der Waals surface area contributed by atoms with Gasteiger partial charge in [-0.05, 0) is 18.2 Å². The van der Waals surface area contributed by atoms with Crippen molar-refractivity contribution in [2.45, 2.75) is 6.92 Å². The van der Waals surface area contributed by atoms with Crippen LogP contribution in [0.1, 0.15) is 17.4 Å². The van der Waals surface area contributed by atoms with Gasteiger partial charge in [0, 0.05) is 49.1 Å². The molecule has 0 bridgehead atoms. The minimum atomic E-state index is -0.317. The minimum absolute atomic E-state index is 0.0969. The van der Waals surface area contributed by atoms with Gasteiger partial charge in [-0.15, -0.1) is 11.3 Å². The van der Waals surface area contributed by atoms with Gasteiger partial charge in [0.05, 0.1) is 17.6 Å². The van der Waals surface area contributed by atoms with Gasteiger partial charge in [0.25, 0.3) is 5.91 Å². The second kappa shape index (κ2) is 8.81. The SMILES string of the molecule is CC(=O)N1CCN(c2ccc(C(=O)Nc3nc(-c4ccccc4Cl)cs3)nc2)CC1. The first-order chi connectivity index (χ1) is 14.5. The van der Waals surface area contributed by atoms with Crippen LogP contribution >= 0.6 is 22.9 Å². The van der Waals surface area contributed by atoms with E-state index in [1.165, 1.54) is 11.3 Å². The minimum Gasteiger partial charge on any atom is -0.367 e. The quantitative estimate of drug-likeness (QED) is 0.666. The summed E-state index contributed by atoms with van der Waals surface area (Å²) >= 11 is 7.55. The Labute approximate surface area is 183 Å². The predicted molar refractivity (Wildman–Crippen MR) is 119 cm³/mol. The van der Waals surface area contributed by atoms with Crippen LogP contribution in [0.5, 0.6) is 0 Å². The molecule has 1 aliphatic heterocycles. The molecule has 2 aromatic heterocycles. The Kier molecular flexibility index (Phi) is 5.96. The van der Waals surface area contributed by atoms with Crippen LogP contribution in [0, 0.1) is 0 Å². The highest BCUT2D eigenvalue weighted by atomic mass is 35.5. The van der Waals surface area contributed by atoms with E-state index < -0.39 is 0 Å². The van der Waals surface area contributed by atoms with Crippen LogP contribution < -0.4 is 10.2 Å². The highest BCUT2D eigenvalue weighted by Gasteiger charge is 2.19. The van der Waals surface area contributed by atoms with Crippen LogP contribution in [0.2, 0.25) is 5.02 Å². The van der Waals surface area contributed by atoms with E-state index in [1.807, 2.05) is 34.5 Å². The van der Waals surface area contributed by atoms with Gasteiger partial charge in [0.2, 0.25) is 5.91 Å². The van der Waals surface area contributed by atoms with E-state index in [9.17, 15) is 9.59 Å². The molecular formula is C21H20ClN5O2S. The first-order valence-corrected chi connectivity index (χ1v) is 10.8. The van der Waals surface area contributed by atoms with Crippen LogP contribution in [0.15, 0.2) is 48.0 Å². The molecule has 3 heterocycles. The Morgan fingerprint density at radius 1 is 1.10 bits per heavy atom. The molecule has 1 aliphatic rings. The zero-order valence-electron chi connectivity index (χ0n) is 16.3. The fourth-order valence-electron chi connectivity index (χ4n) is 3.27. The summed E-state index contributed by atoms with van der Waals surface area (Å²) in [5.41, 5.74) is 2.79. The average molecular weight is 442 g/mol. The monoisotopic (exact) mass is 441 g/mol. The zero-order valence-corrected chi connectivity index (χ0v) is 17.9. The summed E-state index contributed by atoms with van der Waals surface area (Å²) in [5.74, 6) is -0.220. The number of rotatable bonds is 4. The molecule has 4 rings (SSSR count). The third-order valence-electron chi connectivity index (χ3n) is 4.95. The Hall–Kier alpha value is -2.97. The molecule has 7 nitrogen and oxygen atoms in total. The van der Waals surface area contributed by atoms with Gasteiger partial charge in [-0.25, -0.2) is 9.97 Å². The van der Waals surface area contributed by atoms with Gasteiger partial charge < -0.3 is 9.80 Å². The third kappa shape index (κ3) is 4.44. The summed E-state index contributed by atoms with van der Waals surface area (Å²) in [6.45, 7) is 4.46. The maximum Gasteiger partial charge on any atom is 0.276 e. The number of benzene rings is 1. The number of aromatic nitrogens is 2. The normalized spacial score (nSPS) is 13.9. The standard InChI is InChI=1S/C21H20ClN5O2S/c1-14(28)26-8-10-27(11-9-26)15-6-7-18(23-12-15)20(29)25-21-24-19(13-30-21)16-4-2-3-5-17(16)22/h2-7,12-13H,8-11H2,1H3,(H,24,25,29). The van der Waals surface area contributed by atoms with Crippen molar-refractivity contribution in [3.8, 4) is 11.3 Å². The molecule has 1 saturated heterocycles. The number of carbonyl (C=O) groups is 2. The van der Waals surface area contributed by atoms with Crippen LogP contribution in [0.25, 0.3) is 11.3 Å². The Bertz CT molecular complexity index is 1060. The van der Waals surface area contributed by atoms with Crippen molar-refractivity contribution in [2.75, 3.05) is 36.4 Å². The Morgan fingerprint density at radius 2 is 1.87 bits per heavy atom. The number of hydrogen-bond donors (Lipinski definition) is 1.